The minimum Gasteiger partial charge on any atom is -0.326 e. The number of hydrogen-bond donors (Lipinski definition) is 2. The Hall–Kier alpha value is -2.73. The van der Waals surface area contributed by atoms with Crippen LogP contribution in [0.3, 0.4) is 0 Å². The molecule has 6 heteroatoms. The number of anilines is 2. The first-order valence-corrected chi connectivity index (χ1v) is 10.6. The Morgan fingerprint density at radius 3 is 2.61 bits per heavy atom. The van der Waals surface area contributed by atoms with E-state index in [1.54, 1.807) is 12.1 Å². The van der Waals surface area contributed by atoms with Gasteiger partial charge in [-0.05, 0) is 42.7 Å². The second-order valence-electron chi connectivity index (χ2n) is 7.26. The monoisotopic (exact) mass is 393 g/mol. The lowest BCUT2D eigenvalue weighted by Gasteiger charge is -2.09. The minimum atomic E-state index is -0.180. The second kappa shape index (κ2) is 8.52. The van der Waals surface area contributed by atoms with Crippen molar-refractivity contribution in [2.24, 2.45) is 5.92 Å². The van der Waals surface area contributed by atoms with E-state index in [1.807, 2.05) is 36.4 Å². The Kier molecular flexibility index (Phi) is 5.67. The van der Waals surface area contributed by atoms with Crippen molar-refractivity contribution in [1.82, 2.24) is 4.98 Å². The maximum Gasteiger partial charge on any atom is 0.257 e. The number of nitrogens with one attached hydrogen (secondary N) is 2. The molecule has 144 valence electrons. The molecule has 0 aliphatic heterocycles. The van der Waals surface area contributed by atoms with Crippen molar-refractivity contribution in [1.29, 1.82) is 0 Å². The minimum absolute atomic E-state index is 0.0633. The quantitative estimate of drug-likeness (QED) is 0.584. The summed E-state index contributed by atoms with van der Waals surface area (Å²) in [4.78, 5) is 29.0. The molecule has 1 aromatic heterocycles. The Balaban J connectivity index is 1.38. The zero-order chi connectivity index (χ0) is 19.3. The van der Waals surface area contributed by atoms with Crippen molar-refractivity contribution in [2.75, 3.05) is 10.6 Å². The highest BCUT2D eigenvalue weighted by Gasteiger charge is 2.16. The van der Waals surface area contributed by atoms with Crippen molar-refractivity contribution in [3.8, 4) is 0 Å². The predicted molar refractivity (Wildman–Crippen MR) is 114 cm³/mol. The van der Waals surface area contributed by atoms with Gasteiger partial charge in [0.25, 0.3) is 5.91 Å². The number of carbonyl (C=O) groups excluding carboxylic acids is 2. The van der Waals surface area contributed by atoms with Crippen molar-refractivity contribution in [3.05, 3.63) is 54.1 Å². The molecule has 2 amide bonds. The summed E-state index contributed by atoms with van der Waals surface area (Å²) in [5.41, 5.74) is 2.17. The lowest BCUT2D eigenvalue weighted by Crippen LogP contribution is -2.12. The van der Waals surface area contributed by atoms with Crippen LogP contribution >= 0.6 is 11.3 Å². The summed E-state index contributed by atoms with van der Waals surface area (Å²) in [6.45, 7) is 0. The molecule has 1 saturated carbocycles. The highest BCUT2D eigenvalue weighted by molar-refractivity contribution is 7.22. The summed E-state index contributed by atoms with van der Waals surface area (Å²) < 4.78 is 0.928. The second-order valence-corrected chi connectivity index (χ2v) is 8.29. The fourth-order valence-electron chi connectivity index (χ4n) is 3.67. The normalized spacial score (nSPS) is 14.3. The van der Waals surface area contributed by atoms with Crippen LogP contribution < -0.4 is 10.6 Å². The average molecular weight is 394 g/mol. The number of rotatable bonds is 6. The summed E-state index contributed by atoms with van der Waals surface area (Å²) in [7, 11) is 0. The number of benzene rings is 2. The van der Waals surface area contributed by atoms with Crippen LogP contribution in [0.25, 0.3) is 10.2 Å². The molecule has 0 bridgehead atoms. The van der Waals surface area contributed by atoms with Crippen molar-refractivity contribution < 1.29 is 9.59 Å². The van der Waals surface area contributed by atoms with Gasteiger partial charge in [-0.15, -0.1) is 0 Å². The van der Waals surface area contributed by atoms with Gasteiger partial charge in [-0.3, -0.25) is 14.9 Å². The Morgan fingerprint density at radius 1 is 1.04 bits per heavy atom. The average Bonchev–Trinajstić information content (AvgIpc) is 3.36. The molecule has 0 unspecified atom stereocenters. The van der Waals surface area contributed by atoms with Crippen LogP contribution in [-0.4, -0.2) is 16.8 Å². The molecular formula is C22H23N3O2S. The highest BCUT2D eigenvalue weighted by Crippen LogP contribution is 2.30. The number of nitrogens with zero attached hydrogens (tertiary/aromatic N) is 1. The Morgan fingerprint density at radius 2 is 1.82 bits per heavy atom. The predicted octanol–water partition coefficient (Wildman–Crippen LogP) is 5.46. The number of amides is 2. The lowest BCUT2D eigenvalue weighted by atomic mass is 10.0. The largest absolute Gasteiger partial charge is 0.326 e. The van der Waals surface area contributed by atoms with Gasteiger partial charge in [0, 0.05) is 17.7 Å². The first-order valence-electron chi connectivity index (χ1n) is 9.74. The molecule has 1 fully saturated rings. The summed E-state index contributed by atoms with van der Waals surface area (Å²) in [5.74, 6) is 0.596. The fourth-order valence-corrected chi connectivity index (χ4v) is 4.57. The van der Waals surface area contributed by atoms with E-state index in [4.69, 9.17) is 0 Å². The number of carbonyl (C=O) groups is 2. The molecule has 1 heterocycles. The summed E-state index contributed by atoms with van der Waals surface area (Å²) in [5, 5.41) is 6.38. The van der Waals surface area contributed by atoms with Gasteiger partial charge < -0.3 is 5.32 Å². The topological polar surface area (TPSA) is 71.1 Å². The van der Waals surface area contributed by atoms with E-state index >= 15 is 0 Å². The van der Waals surface area contributed by atoms with Gasteiger partial charge in [-0.2, -0.15) is 0 Å². The van der Waals surface area contributed by atoms with Gasteiger partial charge in [0.15, 0.2) is 5.13 Å². The van der Waals surface area contributed by atoms with Gasteiger partial charge >= 0.3 is 0 Å². The number of hydrogen-bond acceptors (Lipinski definition) is 4. The van der Waals surface area contributed by atoms with Crippen molar-refractivity contribution in [2.45, 2.75) is 38.5 Å². The fraction of sp³-hybridized carbons (Fsp3) is 0.318. The highest BCUT2D eigenvalue weighted by atomic mass is 32.1. The molecule has 2 N–H and O–H groups in total. The van der Waals surface area contributed by atoms with Crippen LogP contribution in [0.1, 0.15) is 48.9 Å². The molecule has 1 aliphatic carbocycles. The zero-order valence-corrected chi connectivity index (χ0v) is 16.4. The van der Waals surface area contributed by atoms with E-state index in [0.717, 1.165) is 22.3 Å². The molecule has 0 radical (unpaired) electrons. The van der Waals surface area contributed by atoms with Gasteiger partial charge in [0.1, 0.15) is 0 Å². The maximum absolute atomic E-state index is 12.3. The Labute approximate surface area is 168 Å². The van der Waals surface area contributed by atoms with Gasteiger partial charge in [-0.1, -0.05) is 55.2 Å². The van der Waals surface area contributed by atoms with E-state index in [0.29, 0.717) is 23.0 Å². The molecule has 0 atom stereocenters. The van der Waals surface area contributed by atoms with Crippen LogP contribution in [0, 0.1) is 5.92 Å². The molecule has 28 heavy (non-hydrogen) atoms. The summed E-state index contributed by atoms with van der Waals surface area (Å²) in [6.07, 6.45) is 6.68. The molecule has 2 aromatic carbocycles. The third-order valence-corrected chi connectivity index (χ3v) is 6.12. The van der Waals surface area contributed by atoms with E-state index in [2.05, 4.69) is 15.6 Å². The van der Waals surface area contributed by atoms with Gasteiger partial charge in [0.2, 0.25) is 5.91 Å². The number of fused-ring (bicyclic) bond motifs is 1. The molecule has 1 aliphatic rings. The third-order valence-electron chi connectivity index (χ3n) is 5.18. The SMILES string of the molecule is O=C(CCC1CCCC1)Nc1ccc2nc(NC(=O)c3ccccc3)sc2c1. The van der Waals surface area contributed by atoms with E-state index in [9.17, 15) is 9.59 Å². The molecular weight excluding hydrogens is 370 g/mol. The van der Waals surface area contributed by atoms with Gasteiger partial charge in [-0.25, -0.2) is 4.98 Å². The van der Waals surface area contributed by atoms with Crippen LogP contribution in [0.15, 0.2) is 48.5 Å². The molecule has 4 rings (SSSR count). The maximum atomic E-state index is 12.3. The molecule has 3 aromatic rings. The summed E-state index contributed by atoms with van der Waals surface area (Å²) >= 11 is 1.40. The first kappa shape index (κ1) is 18.6. The molecule has 0 spiro atoms. The van der Waals surface area contributed by atoms with Crippen LogP contribution in [-0.2, 0) is 4.79 Å². The van der Waals surface area contributed by atoms with Crippen LogP contribution in [0.2, 0.25) is 0 Å². The van der Waals surface area contributed by atoms with E-state index in [-0.39, 0.29) is 11.8 Å². The molecule has 0 saturated heterocycles. The van der Waals surface area contributed by atoms with Crippen molar-refractivity contribution >= 4 is 44.2 Å². The van der Waals surface area contributed by atoms with Gasteiger partial charge in [0.05, 0.1) is 10.2 Å². The van der Waals surface area contributed by atoms with Crippen LogP contribution in [0.4, 0.5) is 10.8 Å². The first-order chi connectivity index (χ1) is 13.7. The van der Waals surface area contributed by atoms with E-state index < -0.39 is 0 Å². The van der Waals surface area contributed by atoms with Crippen LogP contribution in [0.5, 0.6) is 0 Å². The number of aromatic nitrogens is 1. The number of thiazole rings is 1. The zero-order valence-electron chi connectivity index (χ0n) is 15.6. The molecule has 5 nitrogen and oxygen atoms in total. The smallest absolute Gasteiger partial charge is 0.257 e. The van der Waals surface area contributed by atoms with E-state index in [1.165, 1.54) is 37.0 Å². The standard InChI is InChI=1S/C22H23N3O2S/c26-20(13-10-15-6-4-5-7-15)23-17-11-12-18-19(14-17)28-22(24-18)25-21(27)16-8-2-1-3-9-16/h1-3,8-9,11-12,14-15H,4-7,10,13H2,(H,23,26)(H,24,25,27). The van der Waals surface area contributed by atoms with Crippen molar-refractivity contribution in [3.63, 3.8) is 0 Å². The summed E-state index contributed by atoms with van der Waals surface area (Å²) in [6, 6.07) is 14.7. The third kappa shape index (κ3) is 4.57. The Bertz CT molecular complexity index is 978. The lowest BCUT2D eigenvalue weighted by molar-refractivity contribution is -0.116.